The Morgan fingerprint density at radius 1 is 0.826 bits per heavy atom. The van der Waals surface area contributed by atoms with Crippen molar-refractivity contribution in [3.05, 3.63) is 124 Å². The lowest BCUT2D eigenvalue weighted by molar-refractivity contribution is -0.140. The van der Waals surface area contributed by atoms with Gasteiger partial charge in [-0.3, -0.25) is 13.9 Å². The van der Waals surface area contributed by atoms with E-state index >= 15 is 0 Å². The van der Waals surface area contributed by atoms with Gasteiger partial charge in [0.25, 0.3) is 10.0 Å². The summed E-state index contributed by atoms with van der Waals surface area (Å²) in [5.74, 6) is -0.387. The highest BCUT2D eigenvalue weighted by molar-refractivity contribution is 7.92. The third-order valence-electron chi connectivity index (χ3n) is 7.03. The zero-order valence-corrected chi connectivity index (χ0v) is 28.4. The standard InChI is InChI=1S/C35H37Cl2N3O5S/c1-35(2,3)38-34(42)32(21-25-10-6-5-7-11-25)39(23-26-12-8-15-30(20-26)45-4)33(41)24-40(29-14-9-13-28(37)22-29)46(43,44)31-18-16-27(36)17-19-31/h5-20,22,32H,21,23-24H2,1-4H3,(H,38,42)/t32-/m0/s1. The molecule has 0 saturated carbocycles. The summed E-state index contributed by atoms with van der Waals surface area (Å²) < 4.78 is 34.6. The van der Waals surface area contributed by atoms with Gasteiger partial charge in [0, 0.05) is 28.5 Å². The van der Waals surface area contributed by atoms with E-state index in [2.05, 4.69) is 5.32 Å². The minimum atomic E-state index is -4.29. The minimum absolute atomic E-state index is 0.00940. The maximum Gasteiger partial charge on any atom is 0.264 e. The number of hydrogen-bond acceptors (Lipinski definition) is 5. The van der Waals surface area contributed by atoms with Crippen molar-refractivity contribution < 1.29 is 22.7 Å². The van der Waals surface area contributed by atoms with Crippen molar-refractivity contribution in [3.8, 4) is 5.75 Å². The first-order chi connectivity index (χ1) is 21.8. The second-order valence-electron chi connectivity index (χ2n) is 11.8. The van der Waals surface area contributed by atoms with E-state index in [4.69, 9.17) is 27.9 Å². The number of nitrogens with zero attached hydrogens (tertiary/aromatic N) is 2. The van der Waals surface area contributed by atoms with Crippen LogP contribution in [0.3, 0.4) is 0 Å². The number of ether oxygens (including phenoxy) is 1. The lowest BCUT2D eigenvalue weighted by atomic mass is 10.0. The molecule has 0 unspecified atom stereocenters. The average Bonchev–Trinajstić information content (AvgIpc) is 3.01. The van der Waals surface area contributed by atoms with E-state index in [0.717, 1.165) is 9.87 Å². The van der Waals surface area contributed by atoms with E-state index in [-0.39, 0.29) is 29.5 Å². The molecule has 4 aromatic carbocycles. The van der Waals surface area contributed by atoms with E-state index in [1.807, 2.05) is 57.2 Å². The number of rotatable bonds is 12. The second kappa shape index (κ2) is 15.0. The van der Waals surface area contributed by atoms with Gasteiger partial charge in [-0.2, -0.15) is 0 Å². The van der Waals surface area contributed by atoms with Crippen molar-refractivity contribution in [1.82, 2.24) is 10.2 Å². The number of benzene rings is 4. The maximum absolute atomic E-state index is 14.6. The number of amides is 2. The highest BCUT2D eigenvalue weighted by Crippen LogP contribution is 2.28. The van der Waals surface area contributed by atoms with Crippen LogP contribution < -0.4 is 14.4 Å². The first-order valence-electron chi connectivity index (χ1n) is 14.6. The van der Waals surface area contributed by atoms with Gasteiger partial charge in [-0.25, -0.2) is 8.42 Å². The molecule has 4 aromatic rings. The van der Waals surface area contributed by atoms with Crippen molar-refractivity contribution in [1.29, 1.82) is 0 Å². The van der Waals surface area contributed by atoms with Crippen LogP contribution in [0.4, 0.5) is 5.69 Å². The van der Waals surface area contributed by atoms with Crippen LogP contribution in [-0.2, 0) is 32.6 Å². The van der Waals surface area contributed by atoms with Crippen LogP contribution in [0.5, 0.6) is 5.75 Å². The van der Waals surface area contributed by atoms with Gasteiger partial charge in [-0.15, -0.1) is 0 Å². The summed E-state index contributed by atoms with van der Waals surface area (Å²) >= 11 is 12.3. The van der Waals surface area contributed by atoms with Crippen LogP contribution in [0, 0.1) is 0 Å². The monoisotopic (exact) mass is 681 g/mol. The van der Waals surface area contributed by atoms with Gasteiger partial charge < -0.3 is 15.0 Å². The van der Waals surface area contributed by atoms with Gasteiger partial charge in [0.15, 0.2) is 0 Å². The number of nitrogens with one attached hydrogen (secondary N) is 1. The summed E-state index contributed by atoms with van der Waals surface area (Å²) in [7, 11) is -2.74. The quantitative estimate of drug-likeness (QED) is 0.178. The fourth-order valence-electron chi connectivity index (χ4n) is 4.87. The molecule has 11 heteroatoms. The molecule has 0 aromatic heterocycles. The van der Waals surface area contributed by atoms with Crippen LogP contribution >= 0.6 is 23.2 Å². The summed E-state index contributed by atoms with van der Waals surface area (Å²) in [5, 5.41) is 3.67. The van der Waals surface area contributed by atoms with Gasteiger partial charge in [-0.05, 0) is 86.5 Å². The Labute approximate surface area is 280 Å². The topological polar surface area (TPSA) is 96.0 Å². The van der Waals surface area contributed by atoms with E-state index in [9.17, 15) is 18.0 Å². The summed E-state index contributed by atoms with van der Waals surface area (Å²) in [6, 6.07) is 27.5. The fraction of sp³-hybridized carbons (Fsp3) is 0.257. The smallest absolute Gasteiger partial charge is 0.264 e. The van der Waals surface area contributed by atoms with Crippen LogP contribution in [0.25, 0.3) is 0 Å². The molecule has 242 valence electrons. The predicted molar refractivity (Wildman–Crippen MR) is 183 cm³/mol. The van der Waals surface area contributed by atoms with Crippen molar-refractivity contribution in [2.75, 3.05) is 18.0 Å². The van der Waals surface area contributed by atoms with Crippen LogP contribution in [0.1, 0.15) is 31.9 Å². The van der Waals surface area contributed by atoms with Gasteiger partial charge in [-0.1, -0.05) is 71.7 Å². The Morgan fingerprint density at radius 3 is 2.11 bits per heavy atom. The van der Waals surface area contributed by atoms with E-state index < -0.39 is 34.1 Å². The second-order valence-corrected chi connectivity index (χ2v) is 14.5. The molecular weight excluding hydrogens is 645 g/mol. The number of carbonyl (C=O) groups excluding carboxylic acids is 2. The Morgan fingerprint density at radius 2 is 1.48 bits per heavy atom. The van der Waals surface area contributed by atoms with Crippen LogP contribution in [-0.4, -0.2) is 50.4 Å². The van der Waals surface area contributed by atoms with Crippen molar-refractivity contribution in [2.24, 2.45) is 0 Å². The summed E-state index contributed by atoms with van der Waals surface area (Å²) in [6.07, 6.45) is 0.194. The lowest BCUT2D eigenvalue weighted by Crippen LogP contribution is -2.56. The first kappa shape index (κ1) is 34.8. The summed E-state index contributed by atoms with van der Waals surface area (Å²) in [4.78, 5) is 29.9. The lowest BCUT2D eigenvalue weighted by Gasteiger charge is -2.35. The summed E-state index contributed by atoms with van der Waals surface area (Å²) in [6.45, 7) is 4.98. The minimum Gasteiger partial charge on any atom is -0.497 e. The number of methoxy groups -OCH3 is 1. The molecule has 0 bridgehead atoms. The van der Waals surface area contributed by atoms with Crippen molar-refractivity contribution in [3.63, 3.8) is 0 Å². The van der Waals surface area contributed by atoms with Crippen molar-refractivity contribution in [2.45, 2.75) is 50.2 Å². The molecule has 4 rings (SSSR count). The number of anilines is 1. The molecule has 0 fully saturated rings. The number of sulfonamides is 1. The third-order valence-corrected chi connectivity index (χ3v) is 9.31. The molecule has 2 amide bonds. The molecule has 46 heavy (non-hydrogen) atoms. The molecule has 1 atom stereocenters. The van der Waals surface area contributed by atoms with Crippen LogP contribution in [0.2, 0.25) is 10.0 Å². The molecule has 0 spiro atoms. The third kappa shape index (κ3) is 9.25. The Balaban J connectivity index is 1.83. The van der Waals surface area contributed by atoms with Gasteiger partial charge in [0.1, 0.15) is 18.3 Å². The zero-order chi connectivity index (χ0) is 33.5. The Kier molecular flexibility index (Phi) is 11.4. The molecular formula is C35H37Cl2N3O5S. The highest BCUT2D eigenvalue weighted by Gasteiger charge is 2.35. The largest absolute Gasteiger partial charge is 0.497 e. The Bertz CT molecular complexity index is 1760. The molecule has 0 saturated heterocycles. The van der Waals surface area contributed by atoms with E-state index in [0.29, 0.717) is 21.4 Å². The summed E-state index contributed by atoms with van der Waals surface area (Å²) in [5.41, 5.74) is 1.13. The molecule has 1 N–H and O–H groups in total. The molecule has 8 nitrogen and oxygen atoms in total. The average molecular weight is 683 g/mol. The Hall–Kier alpha value is -4.05. The van der Waals surface area contributed by atoms with E-state index in [1.165, 1.54) is 35.2 Å². The molecule has 0 aliphatic carbocycles. The SMILES string of the molecule is COc1cccc(CN(C(=O)CN(c2cccc(Cl)c2)S(=O)(=O)c2ccc(Cl)cc2)[C@@H](Cc2ccccc2)C(=O)NC(C)(C)C)c1. The maximum atomic E-state index is 14.6. The molecule has 0 heterocycles. The van der Waals surface area contributed by atoms with Crippen LogP contribution in [0.15, 0.2) is 108 Å². The number of halogens is 2. The normalized spacial score (nSPS) is 12.2. The van der Waals surface area contributed by atoms with E-state index in [1.54, 1.807) is 43.5 Å². The molecule has 0 radical (unpaired) electrons. The number of carbonyl (C=O) groups is 2. The number of hydrogen-bond donors (Lipinski definition) is 1. The zero-order valence-electron chi connectivity index (χ0n) is 26.1. The highest BCUT2D eigenvalue weighted by atomic mass is 35.5. The fourth-order valence-corrected chi connectivity index (χ4v) is 6.58. The van der Waals surface area contributed by atoms with Gasteiger partial charge in [0.05, 0.1) is 17.7 Å². The molecule has 0 aliphatic rings. The first-order valence-corrected chi connectivity index (χ1v) is 16.8. The van der Waals surface area contributed by atoms with Gasteiger partial charge in [0.2, 0.25) is 11.8 Å². The molecule has 0 aliphatic heterocycles. The van der Waals surface area contributed by atoms with Gasteiger partial charge >= 0.3 is 0 Å². The predicted octanol–water partition coefficient (Wildman–Crippen LogP) is 6.75. The van der Waals surface area contributed by atoms with Crippen molar-refractivity contribution >= 4 is 50.7 Å².